The normalized spacial score (nSPS) is 16.4. The summed E-state index contributed by atoms with van der Waals surface area (Å²) >= 11 is 0. The highest BCUT2D eigenvalue weighted by atomic mass is 19.3. The molecule has 0 fully saturated rings. The van der Waals surface area contributed by atoms with Crippen molar-refractivity contribution in [2.45, 2.75) is 0 Å². The molecule has 3 rings (SSSR count). The van der Waals surface area contributed by atoms with Gasteiger partial charge in [-0.05, 0) is 12.1 Å². The predicted octanol–water partition coefficient (Wildman–Crippen LogP) is 3.22. The molecule has 0 aromatic heterocycles. The molecule has 0 amide bonds. The van der Waals surface area contributed by atoms with Crippen LogP contribution in [0, 0.1) is 0 Å². The van der Waals surface area contributed by atoms with Gasteiger partial charge in [-0.25, -0.2) is 0 Å². The molecule has 2 nitrogen and oxygen atoms in total. The van der Waals surface area contributed by atoms with Crippen molar-refractivity contribution in [1.82, 2.24) is 0 Å². The third-order valence-corrected chi connectivity index (χ3v) is 2.84. The number of halogens is 2. The van der Waals surface area contributed by atoms with Crippen LogP contribution in [0.5, 0.6) is 5.75 Å². The molecule has 0 spiro atoms. The predicted molar refractivity (Wildman–Crippen MR) is 66.6 cm³/mol. The van der Waals surface area contributed by atoms with Crippen LogP contribution in [0.4, 0.5) is 14.3 Å². The van der Waals surface area contributed by atoms with Crippen LogP contribution in [-0.4, -0.2) is 17.7 Å². The average Bonchev–Trinajstić information content (AvgIpc) is 2.38. The van der Waals surface area contributed by atoms with Gasteiger partial charge in [0.05, 0.1) is 11.3 Å². The molecule has 2 aromatic carbocycles. The minimum absolute atomic E-state index is 0.217. The lowest BCUT2D eigenvalue weighted by Gasteiger charge is -2.27. The third kappa shape index (κ3) is 1.77. The Labute approximate surface area is 103 Å². The number of hydrogen-bond acceptors (Lipinski definition) is 1. The molecule has 0 atom stereocenters. The summed E-state index contributed by atoms with van der Waals surface area (Å²) in [5, 5.41) is 0. The number of para-hydroxylation sites is 2. The Kier molecular flexibility index (Phi) is 2.40. The molecule has 0 unspecified atom stereocenters. The van der Waals surface area contributed by atoms with Gasteiger partial charge in [0, 0.05) is 12.1 Å². The van der Waals surface area contributed by atoms with Crippen LogP contribution >= 0.6 is 0 Å². The van der Waals surface area contributed by atoms with Gasteiger partial charge in [-0.1, -0.05) is 30.3 Å². The van der Waals surface area contributed by atoms with Crippen LogP contribution in [0.15, 0.2) is 54.6 Å². The van der Waals surface area contributed by atoms with E-state index < -0.39 is 7.04 Å². The van der Waals surface area contributed by atoms with Crippen molar-refractivity contribution in [3.8, 4) is 5.75 Å². The van der Waals surface area contributed by atoms with Crippen molar-refractivity contribution in [3.05, 3.63) is 60.2 Å². The van der Waals surface area contributed by atoms with Gasteiger partial charge in [-0.2, -0.15) is 0 Å². The first-order valence-corrected chi connectivity index (χ1v) is 5.64. The Hall–Kier alpha value is -2.17. The van der Waals surface area contributed by atoms with Crippen LogP contribution in [0.2, 0.25) is 0 Å². The molecule has 18 heavy (non-hydrogen) atoms. The van der Waals surface area contributed by atoms with E-state index in [1.54, 1.807) is 54.6 Å². The standard InChI is InChI=1S/C13H10BF2NO/c15-14(16)17(12-7-2-1-3-8-12)10-11-6-4-5-9-13(11)18-14/h1-10H. The number of rotatable bonds is 1. The van der Waals surface area contributed by atoms with Crippen molar-refractivity contribution in [1.29, 1.82) is 0 Å². The number of fused-ring (bicyclic) bond motifs is 1. The second-order valence-electron chi connectivity index (χ2n) is 4.09. The van der Waals surface area contributed by atoms with E-state index in [0.29, 0.717) is 11.3 Å². The number of hydrogen-bond donors (Lipinski definition) is 0. The highest BCUT2D eigenvalue weighted by molar-refractivity contribution is 6.53. The van der Waals surface area contributed by atoms with Crippen LogP contribution < -0.4 is 4.65 Å². The van der Waals surface area contributed by atoms with Gasteiger partial charge < -0.3 is 17.8 Å². The Balaban J connectivity index is 2.16. The summed E-state index contributed by atoms with van der Waals surface area (Å²) in [6, 6.07) is 15.2. The van der Waals surface area contributed by atoms with Gasteiger partial charge in [0.15, 0.2) is 5.69 Å². The summed E-state index contributed by atoms with van der Waals surface area (Å²) in [5.74, 6) is 0.217. The summed E-state index contributed by atoms with van der Waals surface area (Å²) in [6.07, 6.45) is 1.42. The van der Waals surface area contributed by atoms with Crippen molar-refractivity contribution >= 4 is 18.9 Å². The molecule has 5 heteroatoms. The van der Waals surface area contributed by atoms with Crippen LogP contribution in [-0.2, 0) is 0 Å². The molecule has 90 valence electrons. The van der Waals surface area contributed by atoms with E-state index in [2.05, 4.69) is 0 Å². The minimum atomic E-state index is -4.08. The van der Waals surface area contributed by atoms with E-state index in [0.717, 1.165) is 4.49 Å². The monoisotopic (exact) mass is 245 g/mol. The molecule has 0 saturated carbocycles. The van der Waals surface area contributed by atoms with Gasteiger partial charge in [0.25, 0.3) is 0 Å². The van der Waals surface area contributed by atoms with E-state index in [1.807, 2.05) is 0 Å². The molecular weight excluding hydrogens is 235 g/mol. The summed E-state index contributed by atoms with van der Waals surface area (Å²) < 4.78 is 33.6. The highest BCUT2D eigenvalue weighted by Gasteiger charge is 2.49. The maximum Gasteiger partial charge on any atom is 0.834 e. The van der Waals surface area contributed by atoms with Gasteiger partial charge in [-0.3, -0.25) is 0 Å². The smallest absolute Gasteiger partial charge is 0.599 e. The quantitative estimate of drug-likeness (QED) is 0.702. The molecule has 0 aliphatic carbocycles. The summed E-state index contributed by atoms with van der Waals surface area (Å²) in [6.45, 7) is 0. The summed E-state index contributed by atoms with van der Waals surface area (Å²) in [4.78, 5) is 0. The molecule has 1 aliphatic heterocycles. The lowest BCUT2D eigenvalue weighted by molar-refractivity contribution is -0.343. The largest absolute Gasteiger partial charge is 0.834 e. The van der Waals surface area contributed by atoms with E-state index in [4.69, 9.17) is 4.65 Å². The van der Waals surface area contributed by atoms with Crippen LogP contribution in [0.25, 0.3) is 0 Å². The van der Waals surface area contributed by atoms with Crippen LogP contribution in [0.1, 0.15) is 5.56 Å². The molecule has 0 bridgehead atoms. The Bertz CT molecular complexity index is 613. The first-order valence-electron chi connectivity index (χ1n) is 5.64. The van der Waals surface area contributed by atoms with Crippen molar-refractivity contribution < 1.29 is 17.8 Å². The summed E-state index contributed by atoms with van der Waals surface area (Å²) in [7, 11) is -4.08. The molecule has 1 heterocycles. The fraction of sp³-hybridized carbons (Fsp3) is 0. The number of nitrogens with zero attached hydrogens (tertiary/aromatic N) is 1. The second kappa shape index (κ2) is 3.94. The Morgan fingerprint density at radius 1 is 0.889 bits per heavy atom. The molecule has 0 radical (unpaired) electrons. The fourth-order valence-corrected chi connectivity index (χ4v) is 1.99. The lowest BCUT2D eigenvalue weighted by atomic mass is 9.98. The fourth-order valence-electron chi connectivity index (χ4n) is 1.99. The molecule has 1 aliphatic rings. The SMILES string of the molecule is F[B-]1(F)Oc2ccccc2C=[N+]1c1ccccc1. The lowest BCUT2D eigenvalue weighted by Crippen LogP contribution is -2.46. The zero-order valence-corrected chi connectivity index (χ0v) is 9.46. The minimum Gasteiger partial charge on any atom is -0.599 e. The van der Waals surface area contributed by atoms with Crippen LogP contribution in [0.3, 0.4) is 0 Å². The third-order valence-electron chi connectivity index (χ3n) is 2.84. The van der Waals surface area contributed by atoms with E-state index in [1.165, 1.54) is 6.21 Å². The highest BCUT2D eigenvalue weighted by Crippen LogP contribution is 2.30. The number of benzene rings is 2. The van der Waals surface area contributed by atoms with Gasteiger partial charge in [0.1, 0.15) is 6.21 Å². The Morgan fingerprint density at radius 2 is 1.56 bits per heavy atom. The first kappa shape index (κ1) is 11.0. The topological polar surface area (TPSA) is 12.2 Å². The summed E-state index contributed by atoms with van der Waals surface area (Å²) in [5.41, 5.74) is 1.06. The van der Waals surface area contributed by atoms with Gasteiger partial charge >= 0.3 is 7.04 Å². The van der Waals surface area contributed by atoms with E-state index >= 15 is 0 Å². The second-order valence-corrected chi connectivity index (χ2v) is 4.09. The molecule has 2 aromatic rings. The molecular formula is C13H10BF2NO. The van der Waals surface area contributed by atoms with E-state index in [-0.39, 0.29) is 5.75 Å². The van der Waals surface area contributed by atoms with Gasteiger partial charge in [-0.15, -0.1) is 0 Å². The zero-order valence-electron chi connectivity index (χ0n) is 9.46. The van der Waals surface area contributed by atoms with Crippen molar-refractivity contribution in [2.75, 3.05) is 0 Å². The average molecular weight is 245 g/mol. The maximum atomic E-state index is 14.0. The molecule has 0 N–H and O–H groups in total. The molecule has 0 saturated heterocycles. The first-order chi connectivity index (χ1) is 8.67. The maximum absolute atomic E-state index is 14.0. The van der Waals surface area contributed by atoms with Crippen molar-refractivity contribution in [3.63, 3.8) is 0 Å². The van der Waals surface area contributed by atoms with E-state index in [9.17, 15) is 8.63 Å². The Morgan fingerprint density at radius 3 is 2.33 bits per heavy atom. The zero-order chi connectivity index (χ0) is 12.6. The van der Waals surface area contributed by atoms with Gasteiger partial charge in [0.2, 0.25) is 0 Å². The van der Waals surface area contributed by atoms with Crippen molar-refractivity contribution in [2.24, 2.45) is 0 Å².